The summed E-state index contributed by atoms with van der Waals surface area (Å²) < 4.78 is 49.2. The third-order valence-electron chi connectivity index (χ3n) is 5.36. The second kappa shape index (κ2) is 9.30. The Kier molecular flexibility index (Phi) is 6.91. The second-order valence-electron chi connectivity index (χ2n) is 8.12. The fourth-order valence-corrected chi connectivity index (χ4v) is 5.25. The molecule has 0 spiro atoms. The largest absolute Gasteiger partial charge is 0.339 e. The number of sulfonamides is 1. The van der Waals surface area contributed by atoms with Gasteiger partial charge in [0, 0.05) is 24.9 Å². The van der Waals surface area contributed by atoms with Gasteiger partial charge in [-0.25, -0.2) is 16.8 Å². The number of benzene rings is 2. The van der Waals surface area contributed by atoms with Gasteiger partial charge in [0.25, 0.3) is 5.91 Å². The van der Waals surface area contributed by atoms with Gasteiger partial charge in [-0.3, -0.25) is 9.52 Å². The molecule has 2 aromatic carbocycles. The van der Waals surface area contributed by atoms with Crippen LogP contribution in [-0.4, -0.2) is 53.2 Å². The van der Waals surface area contributed by atoms with Crippen LogP contribution in [0.15, 0.2) is 42.5 Å². The summed E-state index contributed by atoms with van der Waals surface area (Å²) >= 11 is 0. The van der Waals surface area contributed by atoms with Crippen molar-refractivity contribution in [1.82, 2.24) is 4.90 Å². The van der Waals surface area contributed by atoms with Crippen LogP contribution in [0.25, 0.3) is 0 Å². The average molecular weight is 476 g/mol. The Labute approximate surface area is 188 Å². The second-order valence-corrected chi connectivity index (χ2v) is 12.0. The number of rotatable bonds is 6. The fourth-order valence-electron chi connectivity index (χ4n) is 3.84. The van der Waals surface area contributed by atoms with E-state index < -0.39 is 19.9 Å². The van der Waals surface area contributed by atoms with Gasteiger partial charge < -0.3 is 4.90 Å². The summed E-state index contributed by atoms with van der Waals surface area (Å²) in [5.41, 5.74) is 2.43. The highest BCUT2D eigenvalue weighted by Crippen LogP contribution is 2.29. The molecule has 0 bridgehead atoms. The van der Waals surface area contributed by atoms with Crippen molar-refractivity contribution >= 4 is 31.5 Å². The molecular formula is C22H25N3O5S2. The van der Waals surface area contributed by atoms with Crippen LogP contribution < -0.4 is 4.72 Å². The maximum Gasteiger partial charge on any atom is 0.253 e. The molecule has 1 fully saturated rings. The summed E-state index contributed by atoms with van der Waals surface area (Å²) in [6.07, 6.45) is 3.59. The normalized spacial score (nSPS) is 15.2. The third kappa shape index (κ3) is 6.31. The monoisotopic (exact) mass is 475 g/mol. The van der Waals surface area contributed by atoms with E-state index in [1.165, 1.54) is 18.2 Å². The van der Waals surface area contributed by atoms with Crippen molar-refractivity contribution in [2.45, 2.75) is 24.5 Å². The predicted octanol–water partition coefficient (Wildman–Crippen LogP) is 2.49. The molecule has 1 aliphatic heterocycles. The number of amides is 1. The third-order valence-corrected chi connectivity index (χ3v) is 6.79. The van der Waals surface area contributed by atoms with Gasteiger partial charge in [-0.2, -0.15) is 5.26 Å². The van der Waals surface area contributed by atoms with E-state index in [-0.39, 0.29) is 22.9 Å². The van der Waals surface area contributed by atoms with Crippen molar-refractivity contribution in [2.24, 2.45) is 0 Å². The SMILES string of the molecule is CS(=O)(=O)Cc1ccc(C(=O)N2CCC(c3ccc(C#N)cc3)CC2)cc1NS(C)(=O)=O. The summed E-state index contributed by atoms with van der Waals surface area (Å²) in [4.78, 5) is 14.8. The summed E-state index contributed by atoms with van der Waals surface area (Å²) in [5, 5.41) is 8.94. The van der Waals surface area contributed by atoms with Crippen LogP contribution in [0.5, 0.6) is 0 Å². The smallest absolute Gasteiger partial charge is 0.253 e. The van der Waals surface area contributed by atoms with Gasteiger partial charge in [0.05, 0.1) is 29.3 Å². The first-order valence-corrected chi connectivity index (χ1v) is 14.0. The molecule has 0 unspecified atom stereocenters. The number of nitriles is 1. The summed E-state index contributed by atoms with van der Waals surface area (Å²) in [6.45, 7) is 1.09. The molecule has 1 aliphatic rings. The van der Waals surface area contributed by atoms with E-state index in [1.807, 2.05) is 12.1 Å². The van der Waals surface area contributed by atoms with Crippen LogP contribution in [0.1, 0.15) is 45.8 Å². The van der Waals surface area contributed by atoms with Crippen molar-refractivity contribution < 1.29 is 21.6 Å². The lowest BCUT2D eigenvalue weighted by atomic mass is 9.89. The molecular weight excluding hydrogens is 450 g/mol. The Morgan fingerprint density at radius 3 is 2.22 bits per heavy atom. The van der Waals surface area contributed by atoms with Crippen LogP contribution in [0, 0.1) is 11.3 Å². The molecule has 2 aromatic rings. The molecule has 0 aliphatic carbocycles. The van der Waals surface area contributed by atoms with E-state index in [2.05, 4.69) is 10.8 Å². The maximum atomic E-state index is 13.0. The van der Waals surface area contributed by atoms with E-state index in [9.17, 15) is 21.6 Å². The number of carbonyl (C=O) groups excluding carboxylic acids is 1. The molecule has 10 heteroatoms. The van der Waals surface area contributed by atoms with E-state index in [1.54, 1.807) is 17.0 Å². The average Bonchev–Trinajstić information content (AvgIpc) is 2.73. The Morgan fingerprint density at radius 2 is 1.69 bits per heavy atom. The number of nitrogens with one attached hydrogen (secondary N) is 1. The zero-order valence-corrected chi connectivity index (χ0v) is 19.5. The summed E-state index contributed by atoms with van der Waals surface area (Å²) in [6, 6.07) is 14.0. The van der Waals surface area contributed by atoms with Gasteiger partial charge in [-0.1, -0.05) is 18.2 Å². The Hall–Kier alpha value is -2.90. The minimum Gasteiger partial charge on any atom is -0.339 e. The summed E-state index contributed by atoms with van der Waals surface area (Å²) in [5.74, 6) is -0.271. The van der Waals surface area contributed by atoms with Crippen molar-refractivity contribution in [2.75, 3.05) is 30.3 Å². The van der Waals surface area contributed by atoms with Crippen molar-refractivity contribution in [1.29, 1.82) is 5.26 Å². The van der Waals surface area contributed by atoms with Gasteiger partial charge in [-0.15, -0.1) is 0 Å². The molecule has 1 N–H and O–H groups in total. The molecule has 1 saturated heterocycles. The zero-order valence-electron chi connectivity index (χ0n) is 17.9. The highest BCUT2D eigenvalue weighted by atomic mass is 32.2. The van der Waals surface area contributed by atoms with E-state index in [4.69, 9.17) is 5.26 Å². The fraction of sp³-hybridized carbons (Fsp3) is 0.364. The lowest BCUT2D eigenvalue weighted by Crippen LogP contribution is -2.38. The number of anilines is 1. The Bertz CT molecular complexity index is 1260. The highest BCUT2D eigenvalue weighted by molar-refractivity contribution is 7.92. The van der Waals surface area contributed by atoms with E-state index in [0.29, 0.717) is 30.1 Å². The number of likely N-dealkylation sites (tertiary alicyclic amines) is 1. The molecule has 0 saturated carbocycles. The number of piperidine rings is 1. The maximum absolute atomic E-state index is 13.0. The molecule has 0 atom stereocenters. The molecule has 3 rings (SSSR count). The van der Waals surface area contributed by atoms with Crippen molar-refractivity contribution in [3.05, 3.63) is 64.7 Å². The first kappa shape index (κ1) is 23.8. The number of hydrogen-bond acceptors (Lipinski definition) is 6. The number of carbonyl (C=O) groups is 1. The molecule has 32 heavy (non-hydrogen) atoms. The molecule has 0 radical (unpaired) electrons. The van der Waals surface area contributed by atoms with E-state index >= 15 is 0 Å². The number of nitrogens with zero attached hydrogens (tertiary/aromatic N) is 2. The quantitative estimate of drug-likeness (QED) is 0.684. The first-order valence-electron chi connectivity index (χ1n) is 10.0. The Balaban J connectivity index is 1.75. The van der Waals surface area contributed by atoms with Crippen LogP contribution in [0.3, 0.4) is 0 Å². The van der Waals surface area contributed by atoms with Crippen molar-refractivity contribution in [3.63, 3.8) is 0 Å². The topological polar surface area (TPSA) is 124 Å². The van der Waals surface area contributed by atoms with Gasteiger partial charge in [0.2, 0.25) is 10.0 Å². The Morgan fingerprint density at radius 1 is 1.06 bits per heavy atom. The first-order chi connectivity index (χ1) is 14.9. The number of hydrogen-bond donors (Lipinski definition) is 1. The van der Waals surface area contributed by atoms with Gasteiger partial charge in [0.15, 0.2) is 9.84 Å². The van der Waals surface area contributed by atoms with Crippen LogP contribution in [0.4, 0.5) is 5.69 Å². The lowest BCUT2D eigenvalue weighted by molar-refractivity contribution is 0.0713. The van der Waals surface area contributed by atoms with Crippen molar-refractivity contribution in [3.8, 4) is 6.07 Å². The number of sulfone groups is 1. The van der Waals surface area contributed by atoms with Crippen LogP contribution >= 0.6 is 0 Å². The minimum atomic E-state index is -3.66. The minimum absolute atomic E-state index is 0.0937. The lowest BCUT2D eigenvalue weighted by Gasteiger charge is -2.32. The molecule has 8 nitrogen and oxygen atoms in total. The summed E-state index contributed by atoms with van der Waals surface area (Å²) in [7, 11) is -7.05. The standard InChI is InChI=1S/C22H25N3O5S2/c1-31(27,28)15-20-8-7-19(13-21(20)24-32(2,29)30)22(26)25-11-9-18(10-12-25)17-5-3-16(14-23)4-6-17/h3-8,13,18,24H,9-12,15H2,1-2H3. The predicted molar refractivity (Wildman–Crippen MR) is 122 cm³/mol. The molecule has 170 valence electrons. The van der Waals surface area contributed by atoms with Gasteiger partial charge >= 0.3 is 0 Å². The molecule has 1 heterocycles. The zero-order chi connectivity index (χ0) is 23.5. The molecule has 0 aromatic heterocycles. The van der Waals surface area contributed by atoms with Gasteiger partial charge in [0.1, 0.15) is 0 Å². The molecule has 1 amide bonds. The highest BCUT2D eigenvalue weighted by Gasteiger charge is 2.25. The van der Waals surface area contributed by atoms with Crippen LogP contribution in [-0.2, 0) is 25.6 Å². The van der Waals surface area contributed by atoms with Crippen LogP contribution in [0.2, 0.25) is 0 Å². The van der Waals surface area contributed by atoms with E-state index in [0.717, 1.165) is 30.9 Å². The van der Waals surface area contributed by atoms with Gasteiger partial charge in [-0.05, 0) is 54.2 Å².